The maximum absolute atomic E-state index is 11.7. The van der Waals surface area contributed by atoms with Gasteiger partial charge in [0.15, 0.2) is 0 Å². The highest BCUT2D eigenvalue weighted by Gasteiger charge is 2.46. The molecule has 0 spiro atoms. The molecule has 2 aliphatic rings. The third-order valence-corrected chi connectivity index (χ3v) is 2.86. The van der Waals surface area contributed by atoms with Gasteiger partial charge in [0.25, 0.3) is 5.91 Å². The molecule has 0 bridgehead atoms. The lowest BCUT2D eigenvalue weighted by Crippen LogP contribution is -2.35. The van der Waals surface area contributed by atoms with Crippen molar-refractivity contribution in [2.24, 2.45) is 23.4 Å². The maximum atomic E-state index is 11.7. The molecule has 0 aromatic carbocycles. The van der Waals surface area contributed by atoms with Gasteiger partial charge in [-0.05, 0) is 18.3 Å². The minimum atomic E-state index is -0.0884. The number of hydrogen-bond donors (Lipinski definition) is 2. The lowest BCUT2D eigenvalue weighted by molar-refractivity contribution is -0.126. The first kappa shape index (κ1) is 9.33. The van der Waals surface area contributed by atoms with Crippen LogP contribution in [-0.2, 0) is 4.79 Å². The van der Waals surface area contributed by atoms with E-state index in [9.17, 15) is 4.79 Å². The standard InChI is InChI=1S/C9H16N4O/c1-12(11)5-8(10)9(14)13-3-6-2-7(6)4-13/h5-7H,2-4,10-11H2,1H3/b8-5-. The first-order valence-corrected chi connectivity index (χ1v) is 4.82. The third-order valence-electron chi connectivity index (χ3n) is 2.86. The van der Waals surface area contributed by atoms with Crippen molar-refractivity contribution in [2.45, 2.75) is 6.42 Å². The van der Waals surface area contributed by atoms with Gasteiger partial charge in [-0.3, -0.25) is 4.79 Å². The van der Waals surface area contributed by atoms with E-state index < -0.39 is 0 Å². The number of hydrazine groups is 1. The van der Waals surface area contributed by atoms with Gasteiger partial charge in [-0.1, -0.05) is 0 Å². The Morgan fingerprint density at radius 3 is 2.57 bits per heavy atom. The second-order valence-corrected chi connectivity index (χ2v) is 4.22. The quantitative estimate of drug-likeness (QED) is 0.340. The number of rotatable bonds is 2. The first-order chi connectivity index (χ1) is 6.58. The van der Waals surface area contributed by atoms with Gasteiger partial charge in [0, 0.05) is 26.3 Å². The number of nitrogens with zero attached hydrogens (tertiary/aromatic N) is 2. The third kappa shape index (κ3) is 1.68. The molecule has 1 amide bonds. The Hall–Kier alpha value is -1.23. The van der Waals surface area contributed by atoms with Gasteiger partial charge in [0.05, 0.1) is 0 Å². The summed E-state index contributed by atoms with van der Waals surface area (Å²) in [5.74, 6) is 6.76. The van der Waals surface area contributed by atoms with Gasteiger partial charge >= 0.3 is 0 Å². The van der Waals surface area contributed by atoms with Crippen molar-refractivity contribution in [3.05, 3.63) is 11.9 Å². The minimum absolute atomic E-state index is 0.0884. The van der Waals surface area contributed by atoms with E-state index >= 15 is 0 Å². The highest BCUT2D eigenvalue weighted by Crippen LogP contribution is 2.44. The van der Waals surface area contributed by atoms with Crippen molar-refractivity contribution in [3.63, 3.8) is 0 Å². The molecule has 0 aromatic rings. The average Bonchev–Trinajstić information content (AvgIpc) is 2.71. The average molecular weight is 196 g/mol. The fourth-order valence-corrected chi connectivity index (χ4v) is 2.02. The van der Waals surface area contributed by atoms with Crippen LogP contribution in [0.1, 0.15) is 6.42 Å². The summed E-state index contributed by atoms with van der Waals surface area (Å²) in [5.41, 5.74) is 5.83. The van der Waals surface area contributed by atoms with Crippen LogP contribution in [0.2, 0.25) is 0 Å². The largest absolute Gasteiger partial charge is 0.393 e. The molecule has 14 heavy (non-hydrogen) atoms. The summed E-state index contributed by atoms with van der Waals surface area (Å²) in [4.78, 5) is 13.5. The number of fused-ring (bicyclic) bond motifs is 1. The van der Waals surface area contributed by atoms with Crippen molar-refractivity contribution in [1.29, 1.82) is 0 Å². The van der Waals surface area contributed by atoms with Crippen molar-refractivity contribution >= 4 is 5.91 Å². The summed E-state index contributed by atoms with van der Waals surface area (Å²) in [6.07, 6.45) is 2.73. The van der Waals surface area contributed by atoms with Crippen molar-refractivity contribution in [2.75, 3.05) is 20.1 Å². The van der Waals surface area contributed by atoms with Crippen LogP contribution in [0.25, 0.3) is 0 Å². The van der Waals surface area contributed by atoms with Crippen LogP contribution in [0.4, 0.5) is 0 Å². The Balaban J connectivity index is 1.94. The monoisotopic (exact) mass is 196 g/mol. The Bertz CT molecular complexity index is 277. The Morgan fingerprint density at radius 1 is 1.50 bits per heavy atom. The van der Waals surface area contributed by atoms with Crippen LogP contribution >= 0.6 is 0 Å². The molecule has 0 radical (unpaired) electrons. The summed E-state index contributed by atoms with van der Waals surface area (Å²) in [5, 5.41) is 1.30. The number of nitrogens with two attached hydrogens (primary N) is 2. The molecular formula is C9H16N4O. The van der Waals surface area contributed by atoms with E-state index in [-0.39, 0.29) is 11.6 Å². The number of amides is 1. The first-order valence-electron chi connectivity index (χ1n) is 4.82. The van der Waals surface area contributed by atoms with Crippen molar-refractivity contribution in [3.8, 4) is 0 Å². The van der Waals surface area contributed by atoms with Crippen LogP contribution in [0.5, 0.6) is 0 Å². The van der Waals surface area contributed by atoms with E-state index in [4.69, 9.17) is 11.6 Å². The summed E-state index contributed by atoms with van der Waals surface area (Å²) >= 11 is 0. The number of carbonyl (C=O) groups excluding carboxylic acids is 1. The fourth-order valence-electron chi connectivity index (χ4n) is 2.02. The highest BCUT2D eigenvalue weighted by molar-refractivity contribution is 5.92. The number of carbonyl (C=O) groups is 1. The molecule has 1 saturated heterocycles. The zero-order valence-electron chi connectivity index (χ0n) is 8.31. The normalized spacial score (nSPS) is 30.1. The van der Waals surface area contributed by atoms with Crippen LogP contribution in [0.3, 0.4) is 0 Å². The molecule has 1 aliphatic carbocycles. The molecule has 4 N–H and O–H groups in total. The lowest BCUT2D eigenvalue weighted by atomic mass is 10.3. The molecule has 1 saturated carbocycles. The molecule has 2 rings (SSSR count). The summed E-state index contributed by atoms with van der Waals surface area (Å²) in [6.45, 7) is 1.73. The second-order valence-electron chi connectivity index (χ2n) is 4.22. The molecule has 1 heterocycles. The van der Waals surface area contributed by atoms with Gasteiger partial charge in [0.1, 0.15) is 5.70 Å². The van der Waals surface area contributed by atoms with E-state index in [2.05, 4.69) is 0 Å². The van der Waals surface area contributed by atoms with E-state index in [0.29, 0.717) is 0 Å². The van der Waals surface area contributed by atoms with Gasteiger partial charge in [-0.2, -0.15) is 0 Å². The lowest BCUT2D eigenvalue weighted by Gasteiger charge is -2.18. The summed E-state index contributed by atoms with van der Waals surface area (Å²) < 4.78 is 0. The highest BCUT2D eigenvalue weighted by atomic mass is 16.2. The van der Waals surface area contributed by atoms with E-state index in [1.165, 1.54) is 17.6 Å². The predicted molar refractivity (Wildman–Crippen MR) is 52.4 cm³/mol. The van der Waals surface area contributed by atoms with E-state index in [1.807, 2.05) is 4.90 Å². The Kier molecular flexibility index (Phi) is 2.11. The fraction of sp³-hybridized carbons (Fsp3) is 0.667. The Labute approximate surface area is 83.3 Å². The van der Waals surface area contributed by atoms with Gasteiger partial charge in [-0.25, -0.2) is 5.84 Å². The molecule has 0 aromatic heterocycles. The van der Waals surface area contributed by atoms with E-state index in [1.54, 1.807) is 7.05 Å². The van der Waals surface area contributed by atoms with Gasteiger partial charge in [-0.15, -0.1) is 0 Å². The zero-order chi connectivity index (χ0) is 10.3. The minimum Gasteiger partial charge on any atom is -0.393 e. The van der Waals surface area contributed by atoms with E-state index in [0.717, 1.165) is 24.9 Å². The smallest absolute Gasteiger partial charge is 0.271 e. The van der Waals surface area contributed by atoms with Crippen LogP contribution in [-0.4, -0.2) is 36.0 Å². The number of piperidine rings is 1. The van der Waals surface area contributed by atoms with Crippen molar-refractivity contribution < 1.29 is 4.79 Å². The molecule has 2 unspecified atom stereocenters. The SMILES string of the molecule is CN(N)/C=C(\N)C(=O)N1CC2CC2C1. The molecule has 5 heteroatoms. The molecule has 1 aliphatic heterocycles. The predicted octanol–water partition coefficient (Wildman–Crippen LogP) is -0.930. The Morgan fingerprint density at radius 2 is 2.07 bits per heavy atom. The zero-order valence-corrected chi connectivity index (χ0v) is 8.31. The van der Waals surface area contributed by atoms with Crippen molar-refractivity contribution in [1.82, 2.24) is 9.91 Å². The molecule has 2 atom stereocenters. The topological polar surface area (TPSA) is 75.6 Å². The summed E-state index contributed by atoms with van der Waals surface area (Å²) in [6, 6.07) is 0. The maximum Gasteiger partial charge on any atom is 0.271 e. The molecule has 2 fully saturated rings. The second kappa shape index (κ2) is 3.16. The van der Waals surface area contributed by atoms with Crippen LogP contribution in [0.15, 0.2) is 11.9 Å². The summed E-state index contributed by atoms with van der Waals surface area (Å²) in [7, 11) is 1.64. The molecule has 5 nitrogen and oxygen atoms in total. The molecular weight excluding hydrogens is 180 g/mol. The van der Waals surface area contributed by atoms with Crippen LogP contribution in [0, 0.1) is 11.8 Å². The van der Waals surface area contributed by atoms with Gasteiger partial charge < -0.3 is 15.6 Å². The number of likely N-dealkylation sites (tertiary alicyclic amines) is 1. The van der Waals surface area contributed by atoms with Gasteiger partial charge in [0.2, 0.25) is 0 Å². The molecule has 78 valence electrons. The van der Waals surface area contributed by atoms with Crippen LogP contribution < -0.4 is 11.6 Å². The number of hydrogen-bond acceptors (Lipinski definition) is 4.